The van der Waals surface area contributed by atoms with E-state index < -0.39 is 23.5 Å². The first-order valence-electron chi connectivity index (χ1n) is 11.3. The van der Waals surface area contributed by atoms with Gasteiger partial charge in [0.2, 0.25) is 5.79 Å². The Hall–Kier alpha value is -3.97. The largest absolute Gasteiger partial charge is 0.496 e. The molecule has 1 heterocycles. The molecule has 1 saturated heterocycles. The van der Waals surface area contributed by atoms with Crippen LogP contribution in [0.2, 0.25) is 0 Å². The molecule has 4 aromatic carbocycles. The number of halogens is 1. The second-order valence-electron chi connectivity index (χ2n) is 8.57. The Morgan fingerprint density at radius 2 is 1.80 bits per heavy atom. The van der Waals surface area contributed by atoms with Crippen molar-refractivity contribution in [1.29, 1.82) is 0 Å². The van der Waals surface area contributed by atoms with E-state index in [1.807, 2.05) is 30.3 Å². The van der Waals surface area contributed by atoms with Gasteiger partial charge in [-0.25, -0.2) is 14.0 Å². The van der Waals surface area contributed by atoms with Crippen LogP contribution in [0.4, 0.5) is 4.39 Å². The fourth-order valence-corrected chi connectivity index (χ4v) is 4.69. The standard InChI is InChI=1S/C28H23FO6/c1-33-23-9-4-8-19-15-21(26(30)31)22(25(29)24(19)23)16-28(12-5-13-34-28)35-27(32)20-11-10-17-6-2-3-7-18(17)14-20/h2-4,6-11,14-15H,5,12-13,16H2,1H3,(H,30,31)/t28-/m1/s1. The van der Waals surface area contributed by atoms with Gasteiger partial charge in [-0.15, -0.1) is 0 Å². The average Bonchev–Trinajstić information content (AvgIpc) is 3.32. The Morgan fingerprint density at radius 1 is 1.03 bits per heavy atom. The molecule has 4 aromatic rings. The number of esters is 1. The van der Waals surface area contributed by atoms with Crippen molar-refractivity contribution in [2.75, 3.05) is 13.7 Å². The molecule has 0 spiro atoms. The van der Waals surface area contributed by atoms with Gasteiger partial charge in [0.1, 0.15) is 11.6 Å². The predicted octanol–water partition coefficient (Wildman–Crippen LogP) is 5.75. The van der Waals surface area contributed by atoms with Crippen LogP contribution in [0, 0.1) is 5.82 Å². The van der Waals surface area contributed by atoms with Gasteiger partial charge >= 0.3 is 11.9 Å². The number of carbonyl (C=O) groups is 2. The molecule has 1 fully saturated rings. The number of carboxylic acid groups (broad SMARTS) is 1. The van der Waals surface area contributed by atoms with Crippen LogP contribution >= 0.6 is 0 Å². The lowest BCUT2D eigenvalue weighted by Crippen LogP contribution is -2.37. The van der Waals surface area contributed by atoms with Gasteiger partial charge in [0.15, 0.2) is 0 Å². The lowest BCUT2D eigenvalue weighted by atomic mass is 9.93. The molecule has 1 atom stereocenters. The van der Waals surface area contributed by atoms with Crippen LogP contribution in [0.15, 0.2) is 66.7 Å². The van der Waals surface area contributed by atoms with Crippen LogP contribution in [0.25, 0.3) is 21.5 Å². The molecule has 0 saturated carbocycles. The first-order valence-corrected chi connectivity index (χ1v) is 11.3. The molecule has 6 nitrogen and oxygen atoms in total. The summed E-state index contributed by atoms with van der Waals surface area (Å²) in [7, 11) is 1.42. The lowest BCUT2D eigenvalue weighted by Gasteiger charge is -2.29. The summed E-state index contributed by atoms with van der Waals surface area (Å²) in [5.74, 6) is -3.82. The van der Waals surface area contributed by atoms with Gasteiger partial charge in [0.25, 0.3) is 0 Å². The van der Waals surface area contributed by atoms with E-state index in [4.69, 9.17) is 14.2 Å². The number of fused-ring (bicyclic) bond motifs is 2. The molecule has 0 amide bonds. The smallest absolute Gasteiger partial charge is 0.340 e. The summed E-state index contributed by atoms with van der Waals surface area (Å²) in [6.45, 7) is 0.311. The number of benzene rings is 4. The first-order chi connectivity index (χ1) is 16.9. The van der Waals surface area contributed by atoms with Gasteiger partial charge < -0.3 is 19.3 Å². The lowest BCUT2D eigenvalue weighted by molar-refractivity contribution is -0.173. The number of hydrogen-bond acceptors (Lipinski definition) is 5. The highest BCUT2D eigenvalue weighted by Gasteiger charge is 2.42. The summed E-state index contributed by atoms with van der Waals surface area (Å²) >= 11 is 0. The molecule has 1 aliphatic heterocycles. The molecule has 35 heavy (non-hydrogen) atoms. The van der Waals surface area contributed by atoms with Crippen molar-refractivity contribution in [3.8, 4) is 5.75 Å². The van der Waals surface area contributed by atoms with Gasteiger partial charge in [-0.05, 0) is 46.8 Å². The van der Waals surface area contributed by atoms with Crippen molar-refractivity contribution < 1.29 is 33.3 Å². The molecule has 178 valence electrons. The van der Waals surface area contributed by atoms with Crippen molar-refractivity contribution in [2.45, 2.75) is 25.0 Å². The zero-order valence-corrected chi connectivity index (χ0v) is 19.0. The molecular formula is C28H23FO6. The van der Waals surface area contributed by atoms with Crippen LogP contribution in [-0.2, 0) is 15.9 Å². The number of carboxylic acids is 1. The molecule has 1 aliphatic rings. The van der Waals surface area contributed by atoms with E-state index in [1.165, 1.54) is 13.2 Å². The highest BCUT2D eigenvalue weighted by atomic mass is 19.1. The van der Waals surface area contributed by atoms with Gasteiger partial charge in [-0.3, -0.25) is 0 Å². The Kier molecular flexibility index (Phi) is 5.86. The maximum atomic E-state index is 15.9. The normalized spacial score (nSPS) is 17.5. The van der Waals surface area contributed by atoms with Crippen LogP contribution in [0.3, 0.4) is 0 Å². The number of aromatic carboxylic acids is 1. The fourth-order valence-electron chi connectivity index (χ4n) is 4.69. The number of ether oxygens (including phenoxy) is 3. The van der Waals surface area contributed by atoms with E-state index in [2.05, 4.69) is 0 Å². The molecule has 0 aliphatic carbocycles. The SMILES string of the molecule is COc1cccc2cc(C(=O)O)c(C[C@]3(OC(=O)c4ccc5ccccc5c4)CCCO3)c(F)c12. The third-order valence-electron chi connectivity index (χ3n) is 6.40. The number of rotatable bonds is 6. The Bertz CT molecular complexity index is 1460. The van der Waals surface area contributed by atoms with E-state index in [0.29, 0.717) is 30.4 Å². The minimum Gasteiger partial charge on any atom is -0.496 e. The number of hydrogen-bond donors (Lipinski definition) is 1. The third kappa shape index (κ3) is 4.19. The topological polar surface area (TPSA) is 82.1 Å². The second-order valence-corrected chi connectivity index (χ2v) is 8.57. The van der Waals surface area contributed by atoms with Crippen molar-refractivity contribution in [1.82, 2.24) is 0 Å². The maximum Gasteiger partial charge on any atom is 0.340 e. The van der Waals surface area contributed by atoms with Gasteiger partial charge in [-0.2, -0.15) is 0 Å². The summed E-state index contributed by atoms with van der Waals surface area (Å²) in [6, 6.07) is 19.1. The van der Waals surface area contributed by atoms with E-state index in [-0.39, 0.29) is 28.7 Å². The van der Waals surface area contributed by atoms with Crippen molar-refractivity contribution in [3.05, 3.63) is 89.2 Å². The number of methoxy groups -OCH3 is 1. The van der Waals surface area contributed by atoms with Crippen molar-refractivity contribution in [2.24, 2.45) is 0 Å². The highest BCUT2D eigenvalue weighted by molar-refractivity contribution is 5.99. The van der Waals surface area contributed by atoms with E-state index in [0.717, 1.165) is 10.8 Å². The minimum atomic E-state index is -1.48. The Labute approximate surface area is 200 Å². The summed E-state index contributed by atoms with van der Waals surface area (Å²) < 4.78 is 32.9. The Balaban J connectivity index is 1.55. The van der Waals surface area contributed by atoms with Crippen molar-refractivity contribution >= 4 is 33.5 Å². The highest BCUT2D eigenvalue weighted by Crippen LogP contribution is 2.38. The summed E-state index contributed by atoms with van der Waals surface area (Å²) in [6.07, 6.45) is 0.661. The average molecular weight is 474 g/mol. The molecule has 0 aromatic heterocycles. The monoisotopic (exact) mass is 474 g/mol. The molecule has 0 bridgehead atoms. The van der Waals surface area contributed by atoms with Crippen LogP contribution in [0.1, 0.15) is 39.1 Å². The van der Waals surface area contributed by atoms with Crippen LogP contribution < -0.4 is 4.74 Å². The van der Waals surface area contributed by atoms with E-state index in [9.17, 15) is 14.7 Å². The maximum absolute atomic E-state index is 15.9. The van der Waals surface area contributed by atoms with Crippen molar-refractivity contribution in [3.63, 3.8) is 0 Å². The molecule has 7 heteroatoms. The van der Waals surface area contributed by atoms with Gasteiger partial charge in [0, 0.05) is 18.4 Å². The third-order valence-corrected chi connectivity index (χ3v) is 6.40. The fraction of sp³-hybridized carbons (Fsp3) is 0.214. The molecular weight excluding hydrogens is 451 g/mol. The summed E-state index contributed by atoms with van der Waals surface area (Å²) in [5.41, 5.74) is 0.0280. The van der Waals surface area contributed by atoms with E-state index in [1.54, 1.807) is 30.3 Å². The van der Waals surface area contributed by atoms with Gasteiger partial charge in [-0.1, -0.05) is 42.5 Å². The van der Waals surface area contributed by atoms with E-state index >= 15 is 4.39 Å². The molecule has 5 rings (SSSR count). The first kappa shape index (κ1) is 22.8. The quantitative estimate of drug-likeness (QED) is 0.359. The summed E-state index contributed by atoms with van der Waals surface area (Å²) in [5, 5.41) is 12.3. The molecule has 0 unspecified atom stereocenters. The summed E-state index contributed by atoms with van der Waals surface area (Å²) in [4.78, 5) is 25.2. The zero-order valence-electron chi connectivity index (χ0n) is 19.0. The number of carbonyl (C=O) groups excluding carboxylic acids is 1. The van der Waals surface area contributed by atoms with Crippen LogP contribution in [0.5, 0.6) is 5.75 Å². The van der Waals surface area contributed by atoms with Crippen LogP contribution in [-0.4, -0.2) is 36.5 Å². The molecule has 1 N–H and O–H groups in total. The minimum absolute atomic E-state index is 0.0947. The zero-order chi connectivity index (χ0) is 24.6. The van der Waals surface area contributed by atoms with Gasteiger partial charge in [0.05, 0.1) is 30.2 Å². The Morgan fingerprint density at radius 3 is 2.51 bits per heavy atom. The molecule has 0 radical (unpaired) electrons. The second kappa shape index (κ2) is 9.00. The predicted molar refractivity (Wildman–Crippen MR) is 128 cm³/mol.